The summed E-state index contributed by atoms with van der Waals surface area (Å²) in [7, 11) is 0. The van der Waals surface area contributed by atoms with Crippen molar-refractivity contribution in [1.82, 2.24) is 15.0 Å². The first kappa shape index (κ1) is 16.4. The van der Waals surface area contributed by atoms with Crippen molar-refractivity contribution in [3.63, 3.8) is 0 Å². The Balaban J connectivity index is 1.78. The zero-order valence-electron chi connectivity index (χ0n) is 12.4. The summed E-state index contributed by atoms with van der Waals surface area (Å²) in [6, 6.07) is 0. The van der Waals surface area contributed by atoms with Gasteiger partial charge >= 0.3 is 5.97 Å². The third-order valence-electron chi connectivity index (χ3n) is 2.75. The monoisotopic (exact) mass is 309 g/mol. The Labute approximate surface area is 128 Å². The summed E-state index contributed by atoms with van der Waals surface area (Å²) in [6.07, 6.45) is 6.60. The van der Waals surface area contributed by atoms with Crippen LogP contribution in [-0.2, 0) is 36.9 Å². The van der Waals surface area contributed by atoms with E-state index >= 15 is 0 Å². The third kappa shape index (κ3) is 6.22. The Morgan fingerprint density at radius 3 is 3.14 bits per heavy atom. The SMILES string of the molecule is C#CCOC[C@@H](Cn1cc(COC[C@@H]2CO2)nn1)OC(C)=O. The number of rotatable bonds is 10. The average molecular weight is 309 g/mol. The van der Waals surface area contributed by atoms with Crippen LogP contribution in [-0.4, -0.2) is 59.6 Å². The fraction of sp³-hybridized carbons (Fsp3) is 0.643. The molecule has 1 aliphatic rings. The van der Waals surface area contributed by atoms with Crippen molar-refractivity contribution in [3.05, 3.63) is 11.9 Å². The Hall–Kier alpha value is -1.95. The van der Waals surface area contributed by atoms with Gasteiger partial charge in [0.05, 0.1) is 39.2 Å². The molecule has 0 saturated carbocycles. The zero-order valence-corrected chi connectivity index (χ0v) is 12.4. The highest BCUT2D eigenvalue weighted by Crippen LogP contribution is 2.09. The maximum atomic E-state index is 11.1. The standard InChI is InChI=1S/C14H19N3O5/c1-3-4-19-8-13(22-11(2)18)6-17-5-12(15-16-17)7-20-9-14-10-21-14/h1,5,13-14H,4,6-10H2,2H3/t13-,14-/m1/s1. The molecule has 1 aromatic heterocycles. The smallest absolute Gasteiger partial charge is 0.303 e. The van der Waals surface area contributed by atoms with Crippen LogP contribution in [0.25, 0.3) is 0 Å². The van der Waals surface area contributed by atoms with Gasteiger partial charge in [0.1, 0.15) is 24.5 Å². The largest absolute Gasteiger partial charge is 0.458 e. The Morgan fingerprint density at radius 1 is 1.64 bits per heavy atom. The van der Waals surface area contributed by atoms with Gasteiger partial charge in [0.25, 0.3) is 0 Å². The first-order valence-electron chi connectivity index (χ1n) is 6.94. The zero-order chi connectivity index (χ0) is 15.8. The minimum Gasteiger partial charge on any atom is -0.458 e. The molecule has 1 fully saturated rings. The quantitative estimate of drug-likeness (QED) is 0.255. The molecule has 8 nitrogen and oxygen atoms in total. The second-order valence-corrected chi connectivity index (χ2v) is 4.85. The summed E-state index contributed by atoms with van der Waals surface area (Å²) in [5, 5.41) is 7.97. The molecular formula is C14H19N3O5. The number of epoxide rings is 1. The van der Waals surface area contributed by atoms with Crippen LogP contribution in [0, 0.1) is 12.3 Å². The number of terminal acetylenes is 1. The highest BCUT2D eigenvalue weighted by Gasteiger charge is 2.22. The summed E-state index contributed by atoms with van der Waals surface area (Å²) in [6.45, 7) is 3.73. The summed E-state index contributed by atoms with van der Waals surface area (Å²) in [5.74, 6) is 1.97. The van der Waals surface area contributed by atoms with Gasteiger partial charge in [0.15, 0.2) is 0 Å². The number of hydrogen-bond donors (Lipinski definition) is 0. The lowest BCUT2D eigenvalue weighted by Crippen LogP contribution is -2.28. The molecule has 120 valence electrons. The minimum absolute atomic E-state index is 0.164. The van der Waals surface area contributed by atoms with E-state index in [0.29, 0.717) is 25.5 Å². The van der Waals surface area contributed by atoms with Crippen LogP contribution >= 0.6 is 0 Å². The van der Waals surface area contributed by atoms with Gasteiger partial charge in [-0.05, 0) is 0 Å². The first-order chi connectivity index (χ1) is 10.7. The van der Waals surface area contributed by atoms with Crippen molar-refractivity contribution in [2.24, 2.45) is 0 Å². The van der Waals surface area contributed by atoms with Gasteiger partial charge in [-0.1, -0.05) is 11.1 Å². The van der Waals surface area contributed by atoms with Crippen LogP contribution in [0.5, 0.6) is 0 Å². The van der Waals surface area contributed by atoms with Gasteiger partial charge in [0, 0.05) is 6.92 Å². The summed E-state index contributed by atoms with van der Waals surface area (Å²) < 4.78 is 22.4. The average Bonchev–Trinajstić information content (AvgIpc) is 3.18. The molecule has 1 aromatic rings. The lowest BCUT2D eigenvalue weighted by Gasteiger charge is -2.16. The molecule has 8 heteroatoms. The van der Waals surface area contributed by atoms with Crippen LogP contribution in [0.2, 0.25) is 0 Å². The minimum atomic E-state index is -0.471. The molecule has 0 bridgehead atoms. The number of ether oxygens (including phenoxy) is 4. The van der Waals surface area contributed by atoms with E-state index in [0.717, 1.165) is 6.61 Å². The molecular weight excluding hydrogens is 290 g/mol. The number of aromatic nitrogens is 3. The van der Waals surface area contributed by atoms with Gasteiger partial charge in [-0.3, -0.25) is 4.79 Å². The Bertz CT molecular complexity index is 521. The van der Waals surface area contributed by atoms with Crippen LogP contribution in [0.15, 0.2) is 6.20 Å². The topological polar surface area (TPSA) is 88.0 Å². The molecule has 0 aromatic carbocycles. The number of nitrogens with zero attached hydrogens (tertiary/aromatic N) is 3. The maximum absolute atomic E-state index is 11.1. The lowest BCUT2D eigenvalue weighted by molar-refractivity contribution is -0.150. The molecule has 2 rings (SSSR count). The predicted octanol–water partition coefficient (Wildman–Crippen LogP) is -0.225. The van der Waals surface area contributed by atoms with Crippen molar-refractivity contribution in [3.8, 4) is 12.3 Å². The predicted molar refractivity (Wildman–Crippen MR) is 74.6 cm³/mol. The molecule has 1 saturated heterocycles. The molecule has 0 amide bonds. The van der Waals surface area contributed by atoms with Crippen LogP contribution in [0.3, 0.4) is 0 Å². The normalized spacial score (nSPS) is 17.7. The number of esters is 1. The van der Waals surface area contributed by atoms with Gasteiger partial charge in [0.2, 0.25) is 0 Å². The summed E-state index contributed by atoms with van der Waals surface area (Å²) in [5.41, 5.74) is 0.701. The number of hydrogen-bond acceptors (Lipinski definition) is 7. The van der Waals surface area contributed by atoms with E-state index in [9.17, 15) is 4.79 Å². The van der Waals surface area contributed by atoms with Crippen molar-refractivity contribution < 1.29 is 23.7 Å². The lowest BCUT2D eigenvalue weighted by atomic mass is 10.3. The second kappa shape index (κ2) is 8.48. The van der Waals surface area contributed by atoms with Crippen molar-refractivity contribution in [1.29, 1.82) is 0 Å². The van der Waals surface area contributed by atoms with E-state index in [1.54, 1.807) is 10.9 Å². The van der Waals surface area contributed by atoms with E-state index in [-0.39, 0.29) is 25.3 Å². The van der Waals surface area contributed by atoms with E-state index < -0.39 is 6.10 Å². The van der Waals surface area contributed by atoms with E-state index in [2.05, 4.69) is 16.2 Å². The van der Waals surface area contributed by atoms with Crippen LogP contribution < -0.4 is 0 Å². The molecule has 0 aliphatic carbocycles. The number of carbonyl (C=O) groups excluding carboxylic acids is 1. The van der Waals surface area contributed by atoms with Crippen LogP contribution in [0.1, 0.15) is 12.6 Å². The summed E-state index contributed by atoms with van der Waals surface area (Å²) >= 11 is 0. The Morgan fingerprint density at radius 2 is 2.45 bits per heavy atom. The fourth-order valence-electron chi connectivity index (χ4n) is 1.77. The van der Waals surface area contributed by atoms with Crippen LogP contribution in [0.4, 0.5) is 0 Å². The molecule has 2 heterocycles. The van der Waals surface area contributed by atoms with E-state index in [1.165, 1.54) is 6.92 Å². The third-order valence-corrected chi connectivity index (χ3v) is 2.75. The fourth-order valence-corrected chi connectivity index (χ4v) is 1.77. The van der Waals surface area contributed by atoms with Crippen molar-refractivity contribution in [2.45, 2.75) is 32.3 Å². The Kier molecular flexibility index (Phi) is 6.33. The molecule has 0 radical (unpaired) electrons. The first-order valence-corrected chi connectivity index (χ1v) is 6.94. The highest BCUT2D eigenvalue weighted by atomic mass is 16.6. The highest BCUT2D eigenvalue weighted by molar-refractivity contribution is 5.66. The molecule has 22 heavy (non-hydrogen) atoms. The maximum Gasteiger partial charge on any atom is 0.303 e. The van der Waals surface area contributed by atoms with Gasteiger partial charge in [-0.25, -0.2) is 4.68 Å². The van der Waals surface area contributed by atoms with Gasteiger partial charge < -0.3 is 18.9 Å². The number of carbonyl (C=O) groups is 1. The molecule has 2 atom stereocenters. The molecule has 1 aliphatic heterocycles. The van der Waals surface area contributed by atoms with E-state index in [4.69, 9.17) is 25.4 Å². The molecule has 0 N–H and O–H groups in total. The van der Waals surface area contributed by atoms with Gasteiger partial charge in [-0.2, -0.15) is 0 Å². The summed E-state index contributed by atoms with van der Waals surface area (Å²) in [4.78, 5) is 11.1. The molecule has 0 unspecified atom stereocenters. The second-order valence-electron chi connectivity index (χ2n) is 4.85. The van der Waals surface area contributed by atoms with E-state index in [1.807, 2.05) is 0 Å². The van der Waals surface area contributed by atoms with Gasteiger partial charge in [-0.15, -0.1) is 11.5 Å². The molecule has 0 spiro atoms. The van der Waals surface area contributed by atoms with Crippen molar-refractivity contribution in [2.75, 3.05) is 26.4 Å². The van der Waals surface area contributed by atoms with Crippen molar-refractivity contribution >= 4 is 5.97 Å².